The number of amides is 1. The summed E-state index contributed by atoms with van der Waals surface area (Å²) >= 11 is 0. The van der Waals surface area contributed by atoms with E-state index in [0.29, 0.717) is 22.3 Å². The van der Waals surface area contributed by atoms with E-state index < -0.39 is 5.92 Å². The van der Waals surface area contributed by atoms with E-state index in [1.54, 1.807) is 4.80 Å². The van der Waals surface area contributed by atoms with Crippen molar-refractivity contribution in [3.05, 3.63) is 94.3 Å². The Morgan fingerprint density at radius 2 is 1.71 bits per heavy atom. The third-order valence-electron chi connectivity index (χ3n) is 5.75. The highest BCUT2D eigenvalue weighted by Gasteiger charge is 2.31. The van der Waals surface area contributed by atoms with Crippen molar-refractivity contribution in [2.24, 2.45) is 0 Å². The van der Waals surface area contributed by atoms with Gasteiger partial charge in [-0.05, 0) is 41.8 Å². The molecule has 0 fully saturated rings. The first-order valence-electron chi connectivity index (χ1n) is 10.0. The number of anilines is 1. The zero-order valence-electron chi connectivity index (χ0n) is 16.4. The first-order chi connectivity index (χ1) is 15.2. The lowest BCUT2D eigenvalue weighted by molar-refractivity contribution is -0.116. The minimum Gasteiger partial charge on any atom is -0.326 e. The van der Waals surface area contributed by atoms with Crippen LogP contribution >= 0.6 is 0 Å². The van der Waals surface area contributed by atoms with Crippen molar-refractivity contribution >= 4 is 33.5 Å². The fourth-order valence-electron chi connectivity index (χ4n) is 4.32. The summed E-state index contributed by atoms with van der Waals surface area (Å²) in [5, 5.41) is 13.2. The molecule has 2 aromatic heterocycles. The Bertz CT molecular complexity index is 1530. The fraction of sp³-hybridized carbons (Fsp3) is 0.0833. The molecule has 5 aromatic rings. The third kappa shape index (κ3) is 2.82. The van der Waals surface area contributed by atoms with E-state index in [1.165, 1.54) is 0 Å². The predicted octanol–water partition coefficient (Wildman–Crippen LogP) is 3.74. The first kappa shape index (κ1) is 17.6. The van der Waals surface area contributed by atoms with Gasteiger partial charge >= 0.3 is 0 Å². The van der Waals surface area contributed by atoms with E-state index in [-0.39, 0.29) is 17.9 Å². The van der Waals surface area contributed by atoms with Gasteiger partial charge in [-0.1, -0.05) is 36.4 Å². The quantitative estimate of drug-likeness (QED) is 0.466. The van der Waals surface area contributed by atoms with E-state index in [9.17, 15) is 9.59 Å². The Balaban J connectivity index is 1.60. The maximum atomic E-state index is 13.0. The first-order valence-corrected chi connectivity index (χ1v) is 10.0. The van der Waals surface area contributed by atoms with Gasteiger partial charge in [-0.2, -0.15) is 4.80 Å². The van der Waals surface area contributed by atoms with Crippen LogP contribution in [0.2, 0.25) is 0 Å². The summed E-state index contributed by atoms with van der Waals surface area (Å²) in [4.78, 5) is 30.0. The molecule has 31 heavy (non-hydrogen) atoms. The van der Waals surface area contributed by atoms with Gasteiger partial charge in [0.25, 0.3) is 5.56 Å². The molecule has 0 unspecified atom stereocenters. The number of nitrogens with one attached hydrogen (secondary N) is 2. The van der Waals surface area contributed by atoms with Crippen molar-refractivity contribution in [1.82, 2.24) is 20.0 Å². The number of para-hydroxylation sites is 2. The van der Waals surface area contributed by atoms with E-state index in [1.807, 2.05) is 72.8 Å². The summed E-state index contributed by atoms with van der Waals surface area (Å²) in [6.45, 7) is 0. The summed E-state index contributed by atoms with van der Waals surface area (Å²) in [6, 6.07) is 22.8. The second kappa shape index (κ2) is 6.63. The molecular formula is C24H17N5O2. The summed E-state index contributed by atoms with van der Waals surface area (Å²) in [5.41, 5.74) is 4.84. The molecular weight excluding hydrogens is 390 g/mol. The molecule has 0 spiro atoms. The number of fused-ring (bicyclic) bond motifs is 4. The highest BCUT2D eigenvalue weighted by Crippen LogP contribution is 2.40. The Labute approximate surface area is 176 Å². The van der Waals surface area contributed by atoms with Crippen LogP contribution in [0.5, 0.6) is 0 Å². The summed E-state index contributed by atoms with van der Waals surface area (Å²) in [6.07, 6.45) is 0.172. The van der Waals surface area contributed by atoms with E-state index in [2.05, 4.69) is 15.4 Å². The molecule has 1 aliphatic rings. The maximum absolute atomic E-state index is 13.0. The number of aromatic nitrogens is 4. The molecule has 150 valence electrons. The molecule has 0 aliphatic carbocycles. The zero-order valence-corrected chi connectivity index (χ0v) is 16.4. The summed E-state index contributed by atoms with van der Waals surface area (Å²) in [7, 11) is 0. The molecule has 0 saturated carbocycles. The highest BCUT2D eigenvalue weighted by molar-refractivity contribution is 6.00. The Kier molecular flexibility index (Phi) is 3.76. The molecule has 1 aliphatic heterocycles. The number of hydrogen-bond acceptors (Lipinski definition) is 4. The number of benzene rings is 3. The van der Waals surface area contributed by atoms with Gasteiger partial charge < -0.3 is 10.3 Å². The van der Waals surface area contributed by atoms with Crippen molar-refractivity contribution in [1.29, 1.82) is 0 Å². The minimum absolute atomic E-state index is 0.125. The van der Waals surface area contributed by atoms with E-state index in [4.69, 9.17) is 5.10 Å². The van der Waals surface area contributed by atoms with Gasteiger partial charge in [-0.3, -0.25) is 9.59 Å². The number of carbonyl (C=O) groups is 1. The van der Waals surface area contributed by atoms with Crippen molar-refractivity contribution < 1.29 is 4.79 Å². The molecule has 0 bridgehead atoms. The van der Waals surface area contributed by atoms with Gasteiger partial charge in [0.15, 0.2) is 0 Å². The Hall–Kier alpha value is -4.26. The Morgan fingerprint density at radius 1 is 0.903 bits per heavy atom. The average molecular weight is 407 g/mol. The van der Waals surface area contributed by atoms with Crippen LogP contribution in [0.4, 0.5) is 5.69 Å². The normalized spacial score (nSPS) is 15.7. The standard InChI is InChI=1S/C24H17N5O2/c30-21-13-16(17-12-14-6-4-5-9-18(14)26-24(17)31)22-19(25-21)10-11-20-23(22)28-29(27-20)15-7-2-1-3-8-15/h1-12,16H,13H2,(H,25,30)(H,26,31)/t16-/m0/s1. The van der Waals surface area contributed by atoms with Crippen LogP contribution in [-0.4, -0.2) is 25.9 Å². The largest absolute Gasteiger partial charge is 0.326 e. The van der Waals surface area contributed by atoms with Crippen molar-refractivity contribution in [3.63, 3.8) is 0 Å². The molecule has 0 saturated heterocycles. The fourth-order valence-corrected chi connectivity index (χ4v) is 4.32. The molecule has 2 N–H and O–H groups in total. The number of carbonyl (C=O) groups excluding carboxylic acids is 1. The van der Waals surface area contributed by atoms with Crippen LogP contribution in [0.1, 0.15) is 23.5 Å². The minimum atomic E-state index is -0.415. The molecule has 1 amide bonds. The van der Waals surface area contributed by atoms with Crippen molar-refractivity contribution in [2.45, 2.75) is 12.3 Å². The monoisotopic (exact) mass is 407 g/mol. The topological polar surface area (TPSA) is 92.7 Å². The molecule has 3 aromatic carbocycles. The number of rotatable bonds is 2. The molecule has 1 atom stereocenters. The van der Waals surface area contributed by atoms with Gasteiger partial charge in [0, 0.05) is 34.7 Å². The van der Waals surface area contributed by atoms with Crippen LogP contribution in [0, 0.1) is 0 Å². The predicted molar refractivity (Wildman–Crippen MR) is 119 cm³/mol. The van der Waals surface area contributed by atoms with Gasteiger partial charge in [-0.15, -0.1) is 10.2 Å². The molecule has 7 nitrogen and oxygen atoms in total. The SMILES string of the molecule is O=C1C[C@@H](c2cc3ccccc3[nH]c2=O)c2c(ccc3nn(-c4ccccc4)nc23)N1. The lowest BCUT2D eigenvalue weighted by Crippen LogP contribution is -2.27. The van der Waals surface area contributed by atoms with Gasteiger partial charge in [0.2, 0.25) is 5.91 Å². The second-order valence-electron chi connectivity index (χ2n) is 7.67. The third-order valence-corrected chi connectivity index (χ3v) is 5.75. The van der Waals surface area contributed by atoms with Gasteiger partial charge in [0.1, 0.15) is 11.0 Å². The van der Waals surface area contributed by atoms with Crippen LogP contribution < -0.4 is 10.9 Å². The average Bonchev–Trinajstić information content (AvgIpc) is 3.23. The van der Waals surface area contributed by atoms with E-state index in [0.717, 1.165) is 22.2 Å². The number of H-pyrrole nitrogens is 1. The van der Waals surface area contributed by atoms with Crippen LogP contribution in [-0.2, 0) is 4.79 Å². The highest BCUT2D eigenvalue weighted by atomic mass is 16.1. The summed E-state index contributed by atoms with van der Waals surface area (Å²) in [5.74, 6) is -0.540. The number of pyridine rings is 1. The smallest absolute Gasteiger partial charge is 0.252 e. The van der Waals surface area contributed by atoms with E-state index >= 15 is 0 Å². The van der Waals surface area contributed by atoms with Crippen molar-refractivity contribution in [3.8, 4) is 5.69 Å². The maximum Gasteiger partial charge on any atom is 0.252 e. The zero-order chi connectivity index (χ0) is 20.9. The van der Waals surface area contributed by atoms with Gasteiger partial charge in [-0.25, -0.2) is 0 Å². The number of aromatic amines is 1. The molecule has 6 rings (SSSR count). The second-order valence-corrected chi connectivity index (χ2v) is 7.67. The van der Waals surface area contributed by atoms with Crippen LogP contribution in [0.3, 0.4) is 0 Å². The summed E-state index contributed by atoms with van der Waals surface area (Å²) < 4.78 is 0. The molecule has 3 heterocycles. The molecule has 0 radical (unpaired) electrons. The molecule has 7 heteroatoms. The number of hydrogen-bond donors (Lipinski definition) is 2. The van der Waals surface area contributed by atoms with Crippen molar-refractivity contribution in [2.75, 3.05) is 5.32 Å². The van der Waals surface area contributed by atoms with Crippen LogP contribution in [0.25, 0.3) is 27.6 Å². The lowest BCUT2D eigenvalue weighted by atomic mass is 9.84. The van der Waals surface area contributed by atoms with Crippen LogP contribution in [0.15, 0.2) is 77.6 Å². The number of nitrogens with zero attached hydrogens (tertiary/aromatic N) is 3. The van der Waals surface area contributed by atoms with Gasteiger partial charge in [0.05, 0.1) is 5.69 Å². The Morgan fingerprint density at radius 3 is 2.58 bits per heavy atom. The lowest BCUT2D eigenvalue weighted by Gasteiger charge is -2.25.